The van der Waals surface area contributed by atoms with E-state index in [-0.39, 0.29) is 41.5 Å². The maximum atomic E-state index is 7.57. The molecular weight excluding hydrogens is 239 g/mol. The molecule has 0 radical (unpaired) electrons. The zero-order valence-corrected chi connectivity index (χ0v) is 11.8. The second kappa shape index (κ2) is 66.6. The van der Waals surface area contributed by atoms with Crippen LogP contribution in [0, 0.1) is 6.92 Å². The SMILES string of the molecule is CCO.CCO.CCO.[CH2-]CCCl.[Ti]. The molecule has 0 aromatic rings. The Morgan fingerprint density at radius 1 is 0.929 bits per heavy atom. The Morgan fingerprint density at radius 3 is 1.00 bits per heavy atom. The fourth-order valence-electron chi connectivity index (χ4n) is 0. The fraction of sp³-hybridized carbons (Fsp3) is 0.889. The Hall–Kier alpha value is 0.884. The van der Waals surface area contributed by atoms with Crippen molar-refractivity contribution in [2.75, 3.05) is 25.7 Å². The van der Waals surface area contributed by atoms with Crippen LogP contribution in [-0.4, -0.2) is 41.0 Å². The van der Waals surface area contributed by atoms with Crippen molar-refractivity contribution in [2.24, 2.45) is 0 Å². The summed E-state index contributed by atoms with van der Waals surface area (Å²) in [6, 6.07) is 0. The number of rotatable bonds is 1. The average molecular weight is 264 g/mol. The van der Waals surface area contributed by atoms with Crippen molar-refractivity contribution in [3.05, 3.63) is 6.92 Å². The first-order chi connectivity index (χ1) is 6.16. The van der Waals surface area contributed by atoms with Gasteiger partial charge in [0.1, 0.15) is 0 Å². The van der Waals surface area contributed by atoms with E-state index in [0.717, 1.165) is 6.42 Å². The van der Waals surface area contributed by atoms with Crippen LogP contribution in [0.15, 0.2) is 0 Å². The molecule has 0 heterocycles. The Bertz CT molecular complexity index is 36.5. The standard InChI is InChI=1S/C3H6Cl.3C2H6O.Ti/c1-2-3-4;3*1-2-3;/h1-3H2;3*3H,2H2,1H3;/q-1;;;;. The number of alkyl halides is 1. The van der Waals surface area contributed by atoms with Crippen molar-refractivity contribution in [3.8, 4) is 0 Å². The maximum absolute atomic E-state index is 7.57. The molecule has 0 aliphatic carbocycles. The van der Waals surface area contributed by atoms with Crippen molar-refractivity contribution in [1.82, 2.24) is 0 Å². The summed E-state index contributed by atoms with van der Waals surface area (Å²) in [5, 5.41) is 22.7. The topological polar surface area (TPSA) is 60.7 Å². The minimum Gasteiger partial charge on any atom is -0.397 e. The van der Waals surface area contributed by atoms with E-state index in [1.165, 1.54) is 0 Å². The van der Waals surface area contributed by atoms with Gasteiger partial charge in [0, 0.05) is 41.5 Å². The number of halogens is 1. The van der Waals surface area contributed by atoms with Gasteiger partial charge in [-0.3, -0.25) is 0 Å². The van der Waals surface area contributed by atoms with E-state index in [9.17, 15) is 0 Å². The van der Waals surface area contributed by atoms with Gasteiger partial charge in [-0.1, -0.05) is 0 Å². The van der Waals surface area contributed by atoms with E-state index in [0.29, 0.717) is 5.88 Å². The monoisotopic (exact) mass is 263 g/mol. The first-order valence-corrected chi connectivity index (χ1v) is 4.87. The largest absolute Gasteiger partial charge is 0.397 e. The van der Waals surface area contributed by atoms with Crippen LogP contribution in [0.2, 0.25) is 0 Å². The molecule has 0 bridgehead atoms. The Labute approximate surface area is 108 Å². The first kappa shape index (κ1) is 29.4. The molecule has 3 nitrogen and oxygen atoms in total. The summed E-state index contributed by atoms with van der Waals surface area (Å²) in [6.07, 6.45) is 0.835. The van der Waals surface area contributed by atoms with Crippen LogP contribution in [0.5, 0.6) is 0 Å². The average Bonchev–Trinajstić information content (AvgIpc) is 2.08. The van der Waals surface area contributed by atoms with Crippen LogP contribution >= 0.6 is 11.6 Å². The van der Waals surface area contributed by atoms with Gasteiger partial charge in [0.2, 0.25) is 0 Å². The second-order valence-corrected chi connectivity index (χ2v) is 1.87. The van der Waals surface area contributed by atoms with Crippen LogP contribution in [0.3, 0.4) is 0 Å². The van der Waals surface area contributed by atoms with Gasteiger partial charge in [-0.25, -0.2) is 0 Å². The Balaban J connectivity index is -0.0000000254. The summed E-state index contributed by atoms with van der Waals surface area (Å²) >= 11 is 5.12. The van der Waals surface area contributed by atoms with E-state index >= 15 is 0 Å². The van der Waals surface area contributed by atoms with Gasteiger partial charge in [-0.05, 0) is 26.7 Å². The summed E-state index contributed by atoms with van der Waals surface area (Å²) in [7, 11) is 0. The van der Waals surface area contributed by atoms with E-state index in [2.05, 4.69) is 6.92 Å². The van der Waals surface area contributed by atoms with Gasteiger partial charge in [0.25, 0.3) is 0 Å². The van der Waals surface area contributed by atoms with Gasteiger partial charge in [-0.15, -0.1) is 11.6 Å². The molecule has 0 fully saturated rings. The molecule has 0 saturated heterocycles. The van der Waals surface area contributed by atoms with Crippen molar-refractivity contribution in [1.29, 1.82) is 0 Å². The van der Waals surface area contributed by atoms with Crippen molar-refractivity contribution in [3.63, 3.8) is 0 Å². The fourth-order valence-corrected chi connectivity index (χ4v) is 0. The molecule has 0 aromatic heterocycles. The van der Waals surface area contributed by atoms with Gasteiger partial charge >= 0.3 is 0 Å². The third kappa shape index (κ3) is 513. The molecule has 90 valence electrons. The third-order valence-corrected chi connectivity index (χ3v) is 0.401. The summed E-state index contributed by atoms with van der Waals surface area (Å²) in [6.45, 7) is 9.26. The molecule has 0 unspecified atom stereocenters. The molecule has 3 N–H and O–H groups in total. The minimum atomic E-state index is 0. The number of aliphatic hydroxyl groups excluding tert-OH is 3. The van der Waals surface area contributed by atoms with Gasteiger partial charge in [-0.2, -0.15) is 6.42 Å². The summed E-state index contributed by atoms with van der Waals surface area (Å²) < 4.78 is 0. The number of hydrogen-bond acceptors (Lipinski definition) is 3. The van der Waals surface area contributed by atoms with Gasteiger partial charge < -0.3 is 22.2 Å². The molecule has 0 amide bonds. The zero-order valence-electron chi connectivity index (χ0n) is 9.46. The molecule has 0 saturated carbocycles. The van der Waals surface area contributed by atoms with Crippen molar-refractivity contribution in [2.45, 2.75) is 27.2 Å². The molecule has 0 aromatic carbocycles. The van der Waals surface area contributed by atoms with E-state index in [1.54, 1.807) is 20.8 Å². The van der Waals surface area contributed by atoms with Crippen LogP contribution < -0.4 is 0 Å². The van der Waals surface area contributed by atoms with Crippen LogP contribution in [0.4, 0.5) is 0 Å². The smallest absolute Gasteiger partial charge is 0.0402 e. The first-order valence-electron chi connectivity index (χ1n) is 4.34. The molecule has 14 heavy (non-hydrogen) atoms. The maximum Gasteiger partial charge on any atom is 0.0402 e. The van der Waals surface area contributed by atoms with Crippen LogP contribution in [0.25, 0.3) is 0 Å². The zero-order chi connectivity index (χ0) is 11.5. The molecule has 0 spiro atoms. The van der Waals surface area contributed by atoms with Gasteiger partial charge in [0.05, 0.1) is 0 Å². The Morgan fingerprint density at radius 2 is 1.00 bits per heavy atom. The van der Waals surface area contributed by atoms with Crippen LogP contribution in [-0.2, 0) is 21.7 Å². The number of aliphatic hydroxyl groups is 3. The minimum absolute atomic E-state index is 0. The summed E-state index contributed by atoms with van der Waals surface area (Å²) in [4.78, 5) is 0. The van der Waals surface area contributed by atoms with Crippen LogP contribution in [0.1, 0.15) is 27.2 Å². The normalized spacial score (nSPS) is 6.00. The molecular formula is C9H24ClO3Ti-. The molecule has 0 aliphatic heterocycles. The second-order valence-electron chi connectivity index (χ2n) is 1.49. The van der Waals surface area contributed by atoms with E-state index in [1.807, 2.05) is 0 Å². The molecule has 5 heteroatoms. The van der Waals surface area contributed by atoms with E-state index < -0.39 is 0 Å². The predicted molar refractivity (Wildman–Crippen MR) is 59.0 cm³/mol. The van der Waals surface area contributed by atoms with Crippen molar-refractivity contribution >= 4 is 11.6 Å². The number of hydrogen-bond donors (Lipinski definition) is 3. The third-order valence-electron chi connectivity index (χ3n) is 0.134. The molecule has 0 atom stereocenters. The summed E-state index contributed by atoms with van der Waals surface area (Å²) in [5.74, 6) is 0.681. The van der Waals surface area contributed by atoms with Gasteiger partial charge in [0.15, 0.2) is 0 Å². The summed E-state index contributed by atoms with van der Waals surface area (Å²) in [5.41, 5.74) is 0. The molecule has 0 rings (SSSR count). The Kier molecular flexibility index (Phi) is 140. The van der Waals surface area contributed by atoms with E-state index in [4.69, 9.17) is 26.9 Å². The van der Waals surface area contributed by atoms with Crippen molar-refractivity contribution < 1.29 is 37.0 Å². The molecule has 0 aliphatic rings. The predicted octanol–water partition coefficient (Wildman–Crippen LogP) is 1.44. The quantitative estimate of drug-likeness (QED) is 0.381.